The number of hydrogen-bond donors (Lipinski definition) is 0. The smallest absolute Gasteiger partial charge is 0.224 e. The number of rotatable bonds is 3. The zero-order valence-corrected chi connectivity index (χ0v) is 8.71. The molecule has 0 aliphatic heterocycles. The molecule has 0 saturated carbocycles. The third-order valence-electron chi connectivity index (χ3n) is 2.16. The molecule has 0 atom stereocenters. The van der Waals surface area contributed by atoms with Gasteiger partial charge in [0.15, 0.2) is 5.82 Å². The van der Waals surface area contributed by atoms with Gasteiger partial charge in [-0.05, 0) is 19.1 Å². The quantitative estimate of drug-likeness (QED) is 0.757. The highest BCUT2D eigenvalue weighted by Gasteiger charge is 2.11. The van der Waals surface area contributed by atoms with Crippen molar-refractivity contribution in [3.63, 3.8) is 0 Å². The van der Waals surface area contributed by atoms with Gasteiger partial charge in [0.1, 0.15) is 6.33 Å². The summed E-state index contributed by atoms with van der Waals surface area (Å²) in [6.45, 7) is 2.86. The second-order valence-electron chi connectivity index (χ2n) is 3.00. The second-order valence-corrected chi connectivity index (χ2v) is 3.00. The number of hydrogen-bond acceptors (Lipinski definition) is 4. The number of aromatic nitrogens is 4. The van der Waals surface area contributed by atoms with Gasteiger partial charge in [0, 0.05) is 12.7 Å². The van der Waals surface area contributed by atoms with Crippen LogP contribution in [-0.4, -0.2) is 26.9 Å². The lowest BCUT2D eigenvalue weighted by Gasteiger charge is -2.06. The highest BCUT2D eigenvalue weighted by molar-refractivity contribution is 5.61. The van der Waals surface area contributed by atoms with Crippen LogP contribution in [0.25, 0.3) is 11.4 Å². The number of methoxy groups -OCH3 is 1. The van der Waals surface area contributed by atoms with E-state index >= 15 is 0 Å². The molecule has 2 aromatic heterocycles. The molecule has 0 amide bonds. The average molecular weight is 204 g/mol. The molecule has 78 valence electrons. The Balaban J connectivity index is 2.53. The van der Waals surface area contributed by atoms with E-state index in [0.717, 1.165) is 17.9 Å². The molecule has 2 heterocycles. The van der Waals surface area contributed by atoms with Crippen molar-refractivity contribution in [2.24, 2.45) is 0 Å². The van der Waals surface area contributed by atoms with Gasteiger partial charge >= 0.3 is 0 Å². The molecule has 0 spiro atoms. The topological polar surface area (TPSA) is 52.8 Å². The van der Waals surface area contributed by atoms with Crippen LogP contribution in [0, 0.1) is 0 Å². The monoisotopic (exact) mass is 204 g/mol. The highest BCUT2D eigenvalue weighted by atomic mass is 16.5. The Bertz CT molecular complexity index is 452. The van der Waals surface area contributed by atoms with Crippen LogP contribution in [0.1, 0.15) is 6.92 Å². The zero-order valence-electron chi connectivity index (χ0n) is 8.71. The van der Waals surface area contributed by atoms with E-state index in [-0.39, 0.29) is 0 Å². The molecule has 0 aliphatic carbocycles. The minimum atomic E-state index is 0.570. The van der Waals surface area contributed by atoms with Gasteiger partial charge in [-0.3, -0.25) is 0 Å². The fourth-order valence-electron chi connectivity index (χ4n) is 1.42. The lowest BCUT2D eigenvalue weighted by Crippen LogP contribution is -1.99. The minimum absolute atomic E-state index is 0.570. The molecule has 0 fully saturated rings. The molecule has 0 saturated heterocycles. The highest BCUT2D eigenvalue weighted by Crippen LogP contribution is 2.25. The summed E-state index contributed by atoms with van der Waals surface area (Å²) in [5, 5.41) is 7.93. The first kappa shape index (κ1) is 9.64. The average Bonchev–Trinajstić information content (AvgIpc) is 2.76. The number of ether oxygens (including phenoxy) is 1. The van der Waals surface area contributed by atoms with Gasteiger partial charge in [0.2, 0.25) is 5.88 Å². The molecule has 5 nitrogen and oxygen atoms in total. The Labute approximate surface area is 87.7 Å². The van der Waals surface area contributed by atoms with Gasteiger partial charge in [-0.2, -0.15) is 0 Å². The zero-order chi connectivity index (χ0) is 10.7. The number of pyridine rings is 1. The van der Waals surface area contributed by atoms with E-state index in [4.69, 9.17) is 4.74 Å². The van der Waals surface area contributed by atoms with Crippen LogP contribution >= 0.6 is 0 Å². The van der Waals surface area contributed by atoms with Crippen LogP contribution < -0.4 is 4.74 Å². The van der Waals surface area contributed by atoms with E-state index in [2.05, 4.69) is 15.2 Å². The maximum Gasteiger partial charge on any atom is 0.224 e. The Morgan fingerprint density at radius 2 is 2.33 bits per heavy atom. The van der Waals surface area contributed by atoms with Crippen LogP contribution in [-0.2, 0) is 6.54 Å². The SMILES string of the molecule is CCn1cnnc1-c1cccnc1OC. The molecular weight excluding hydrogens is 192 g/mol. The molecule has 0 unspecified atom stereocenters. The summed E-state index contributed by atoms with van der Waals surface area (Å²) in [5.41, 5.74) is 0.861. The second kappa shape index (κ2) is 4.08. The van der Waals surface area contributed by atoms with Gasteiger partial charge in [-0.1, -0.05) is 0 Å². The molecular formula is C10H12N4O. The van der Waals surface area contributed by atoms with Crippen molar-refractivity contribution < 1.29 is 4.74 Å². The molecule has 2 rings (SSSR count). The standard InChI is InChI=1S/C10H12N4O/c1-3-14-7-12-13-9(14)8-5-4-6-11-10(8)15-2/h4-7H,3H2,1-2H3. The minimum Gasteiger partial charge on any atom is -0.480 e. The molecule has 0 aliphatic rings. The summed E-state index contributed by atoms with van der Waals surface area (Å²) in [6, 6.07) is 3.77. The largest absolute Gasteiger partial charge is 0.480 e. The predicted octanol–water partition coefficient (Wildman–Crippen LogP) is 1.37. The normalized spacial score (nSPS) is 10.3. The first-order valence-electron chi connectivity index (χ1n) is 4.74. The van der Waals surface area contributed by atoms with E-state index in [1.807, 2.05) is 23.6 Å². The van der Waals surface area contributed by atoms with Crippen molar-refractivity contribution in [3.8, 4) is 17.3 Å². The lowest BCUT2D eigenvalue weighted by molar-refractivity contribution is 0.399. The maximum absolute atomic E-state index is 5.18. The molecule has 0 N–H and O–H groups in total. The molecule has 2 aromatic rings. The first-order chi connectivity index (χ1) is 7.36. The van der Waals surface area contributed by atoms with E-state index < -0.39 is 0 Å². The molecule has 15 heavy (non-hydrogen) atoms. The predicted molar refractivity (Wildman–Crippen MR) is 55.5 cm³/mol. The van der Waals surface area contributed by atoms with Crippen molar-refractivity contribution in [2.75, 3.05) is 7.11 Å². The summed E-state index contributed by atoms with van der Waals surface area (Å²) in [7, 11) is 1.60. The van der Waals surface area contributed by atoms with Gasteiger partial charge in [-0.25, -0.2) is 4.98 Å². The van der Waals surface area contributed by atoms with Crippen molar-refractivity contribution in [1.82, 2.24) is 19.7 Å². The third kappa shape index (κ3) is 1.68. The van der Waals surface area contributed by atoms with Crippen molar-refractivity contribution in [2.45, 2.75) is 13.5 Å². The first-order valence-corrected chi connectivity index (χ1v) is 4.74. The maximum atomic E-state index is 5.18. The van der Waals surface area contributed by atoms with Crippen molar-refractivity contribution in [3.05, 3.63) is 24.7 Å². The Morgan fingerprint density at radius 3 is 3.07 bits per heavy atom. The fourth-order valence-corrected chi connectivity index (χ4v) is 1.42. The molecule has 0 bridgehead atoms. The van der Waals surface area contributed by atoms with Crippen LogP contribution in [0.15, 0.2) is 24.7 Å². The van der Waals surface area contributed by atoms with Crippen LogP contribution in [0.2, 0.25) is 0 Å². The summed E-state index contributed by atoms with van der Waals surface area (Å²) in [6.07, 6.45) is 3.39. The van der Waals surface area contributed by atoms with Crippen molar-refractivity contribution in [1.29, 1.82) is 0 Å². The van der Waals surface area contributed by atoms with Gasteiger partial charge < -0.3 is 9.30 Å². The van der Waals surface area contributed by atoms with Crippen molar-refractivity contribution >= 4 is 0 Å². The Morgan fingerprint density at radius 1 is 1.47 bits per heavy atom. The number of aryl methyl sites for hydroxylation is 1. The molecule has 0 aromatic carbocycles. The van der Waals surface area contributed by atoms with Gasteiger partial charge in [-0.15, -0.1) is 10.2 Å². The molecule has 0 radical (unpaired) electrons. The lowest BCUT2D eigenvalue weighted by atomic mass is 10.2. The molecule has 5 heteroatoms. The van der Waals surface area contributed by atoms with E-state index in [9.17, 15) is 0 Å². The fraction of sp³-hybridized carbons (Fsp3) is 0.300. The van der Waals surface area contributed by atoms with E-state index in [0.29, 0.717) is 5.88 Å². The summed E-state index contributed by atoms with van der Waals surface area (Å²) >= 11 is 0. The van der Waals surface area contributed by atoms with E-state index in [1.165, 1.54) is 0 Å². The van der Waals surface area contributed by atoms with Gasteiger partial charge in [0.25, 0.3) is 0 Å². The Hall–Kier alpha value is -1.91. The summed E-state index contributed by atoms with van der Waals surface area (Å²) < 4.78 is 7.12. The number of nitrogens with zero attached hydrogens (tertiary/aromatic N) is 4. The Kier molecular flexibility index (Phi) is 2.62. The van der Waals surface area contributed by atoms with Crippen LogP contribution in [0.3, 0.4) is 0 Å². The summed E-state index contributed by atoms with van der Waals surface area (Å²) in [5.74, 6) is 1.35. The van der Waals surface area contributed by atoms with Gasteiger partial charge in [0.05, 0.1) is 12.7 Å². The van der Waals surface area contributed by atoms with Crippen LogP contribution in [0.5, 0.6) is 5.88 Å². The summed E-state index contributed by atoms with van der Waals surface area (Å²) in [4.78, 5) is 4.13. The van der Waals surface area contributed by atoms with E-state index in [1.54, 1.807) is 19.6 Å². The third-order valence-corrected chi connectivity index (χ3v) is 2.16. The van der Waals surface area contributed by atoms with Crippen LogP contribution in [0.4, 0.5) is 0 Å².